The minimum atomic E-state index is -1.01. The van der Waals surface area contributed by atoms with Gasteiger partial charge >= 0.3 is 5.97 Å². The quantitative estimate of drug-likeness (QED) is 0.850. The molecule has 0 saturated heterocycles. The van der Waals surface area contributed by atoms with Gasteiger partial charge in [-0.3, -0.25) is 4.79 Å². The molecule has 1 amide bonds. The highest BCUT2D eigenvalue weighted by atomic mass is 16.4. The van der Waals surface area contributed by atoms with Gasteiger partial charge < -0.3 is 15.0 Å². The maximum Gasteiger partial charge on any atom is 0.352 e. The summed E-state index contributed by atoms with van der Waals surface area (Å²) >= 11 is 0. The number of amides is 1. The highest BCUT2D eigenvalue weighted by Gasteiger charge is 2.24. The number of aromatic nitrogens is 1. The zero-order chi connectivity index (χ0) is 13.1. The number of carbonyl (C=O) groups excluding carboxylic acids is 1. The van der Waals surface area contributed by atoms with E-state index in [1.807, 2.05) is 0 Å². The molecular formula is C13H18N2O3. The Hall–Kier alpha value is -1.78. The Bertz CT molecular complexity index is 453. The highest BCUT2D eigenvalue weighted by molar-refractivity contribution is 5.86. The summed E-state index contributed by atoms with van der Waals surface area (Å²) in [6, 6.07) is 3.37. The van der Waals surface area contributed by atoms with Crippen LogP contribution < -0.4 is 5.32 Å². The van der Waals surface area contributed by atoms with Gasteiger partial charge in [0.2, 0.25) is 5.91 Å². The molecule has 1 aromatic heterocycles. The Labute approximate surface area is 106 Å². The number of carbonyl (C=O) groups is 2. The fourth-order valence-electron chi connectivity index (χ4n) is 2.51. The minimum Gasteiger partial charge on any atom is -0.477 e. The van der Waals surface area contributed by atoms with Crippen LogP contribution in [0, 0.1) is 5.92 Å². The smallest absolute Gasteiger partial charge is 0.352 e. The summed E-state index contributed by atoms with van der Waals surface area (Å²) < 4.78 is 1.46. The maximum atomic E-state index is 11.9. The van der Waals surface area contributed by atoms with Crippen LogP contribution in [-0.4, -0.2) is 27.6 Å². The molecule has 2 N–H and O–H groups in total. The molecule has 2 unspecified atom stereocenters. The number of nitrogens with zero attached hydrogens (tertiary/aromatic N) is 1. The largest absolute Gasteiger partial charge is 0.477 e. The SMILES string of the molecule is CC1CCCC1NC(=O)Cn1cccc1C(=O)O. The van der Waals surface area contributed by atoms with Crippen LogP contribution >= 0.6 is 0 Å². The molecule has 1 heterocycles. The van der Waals surface area contributed by atoms with Crippen molar-refractivity contribution in [3.63, 3.8) is 0 Å². The van der Waals surface area contributed by atoms with Crippen molar-refractivity contribution in [2.45, 2.75) is 38.8 Å². The lowest BCUT2D eigenvalue weighted by molar-refractivity contribution is -0.122. The third kappa shape index (κ3) is 2.72. The van der Waals surface area contributed by atoms with E-state index in [-0.39, 0.29) is 24.2 Å². The van der Waals surface area contributed by atoms with Gasteiger partial charge in [0.1, 0.15) is 12.2 Å². The molecule has 1 aliphatic rings. The van der Waals surface area contributed by atoms with Gasteiger partial charge in [-0.2, -0.15) is 0 Å². The van der Waals surface area contributed by atoms with E-state index in [0.29, 0.717) is 5.92 Å². The van der Waals surface area contributed by atoms with Gasteiger partial charge in [-0.1, -0.05) is 13.3 Å². The lowest BCUT2D eigenvalue weighted by Crippen LogP contribution is -2.38. The van der Waals surface area contributed by atoms with Gasteiger partial charge in [-0.15, -0.1) is 0 Å². The average Bonchev–Trinajstić information content (AvgIpc) is 2.89. The van der Waals surface area contributed by atoms with E-state index in [2.05, 4.69) is 12.2 Å². The second kappa shape index (κ2) is 5.25. The number of nitrogens with one attached hydrogen (secondary N) is 1. The topological polar surface area (TPSA) is 71.3 Å². The molecule has 5 heteroatoms. The van der Waals surface area contributed by atoms with Crippen LogP contribution in [0.2, 0.25) is 0 Å². The zero-order valence-electron chi connectivity index (χ0n) is 10.4. The summed E-state index contributed by atoms with van der Waals surface area (Å²) in [5.74, 6) is -0.618. The number of rotatable bonds is 4. The molecule has 1 fully saturated rings. The van der Waals surface area contributed by atoms with Crippen molar-refractivity contribution in [3.05, 3.63) is 24.0 Å². The van der Waals surface area contributed by atoms with E-state index in [1.54, 1.807) is 12.3 Å². The Morgan fingerprint density at radius 3 is 2.89 bits per heavy atom. The fraction of sp³-hybridized carbons (Fsp3) is 0.538. The molecule has 98 valence electrons. The highest BCUT2D eigenvalue weighted by Crippen LogP contribution is 2.24. The molecule has 1 aromatic rings. The average molecular weight is 250 g/mol. The second-order valence-corrected chi connectivity index (χ2v) is 4.91. The predicted molar refractivity (Wildman–Crippen MR) is 66.3 cm³/mol. The predicted octanol–water partition coefficient (Wildman–Crippen LogP) is 1.49. The van der Waals surface area contributed by atoms with Crippen molar-refractivity contribution in [1.29, 1.82) is 0 Å². The van der Waals surface area contributed by atoms with Crippen LogP contribution in [0.1, 0.15) is 36.7 Å². The van der Waals surface area contributed by atoms with Crippen LogP contribution in [0.3, 0.4) is 0 Å². The molecule has 0 aliphatic heterocycles. The van der Waals surface area contributed by atoms with Crippen molar-refractivity contribution in [3.8, 4) is 0 Å². The summed E-state index contributed by atoms with van der Waals surface area (Å²) in [6.07, 6.45) is 4.93. The fourth-order valence-corrected chi connectivity index (χ4v) is 2.51. The number of hydrogen-bond acceptors (Lipinski definition) is 2. The molecule has 0 spiro atoms. The van der Waals surface area contributed by atoms with Crippen molar-refractivity contribution < 1.29 is 14.7 Å². The van der Waals surface area contributed by atoms with E-state index in [0.717, 1.165) is 19.3 Å². The maximum absolute atomic E-state index is 11.9. The number of aromatic carboxylic acids is 1. The van der Waals surface area contributed by atoms with Crippen LogP contribution in [0.5, 0.6) is 0 Å². The zero-order valence-corrected chi connectivity index (χ0v) is 10.4. The monoisotopic (exact) mass is 250 g/mol. The minimum absolute atomic E-state index is 0.0673. The number of hydrogen-bond donors (Lipinski definition) is 2. The third-order valence-electron chi connectivity index (χ3n) is 3.57. The number of carboxylic acid groups (broad SMARTS) is 1. The molecule has 1 aliphatic carbocycles. The van der Waals surface area contributed by atoms with Crippen molar-refractivity contribution in [1.82, 2.24) is 9.88 Å². The first-order valence-electron chi connectivity index (χ1n) is 6.25. The van der Waals surface area contributed by atoms with Gasteiger partial charge in [0, 0.05) is 12.2 Å². The van der Waals surface area contributed by atoms with E-state index < -0.39 is 5.97 Å². The first-order chi connectivity index (χ1) is 8.58. The van der Waals surface area contributed by atoms with Crippen molar-refractivity contribution in [2.24, 2.45) is 5.92 Å². The normalized spacial score (nSPS) is 22.9. The lowest BCUT2D eigenvalue weighted by atomic mass is 10.1. The Morgan fingerprint density at radius 2 is 2.28 bits per heavy atom. The molecule has 1 saturated carbocycles. The summed E-state index contributed by atoms with van der Waals surface area (Å²) in [5, 5.41) is 11.9. The van der Waals surface area contributed by atoms with Crippen LogP contribution in [0.15, 0.2) is 18.3 Å². The molecular weight excluding hydrogens is 232 g/mol. The Morgan fingerprint density at radius 1 is 1.50 bits per heavy atom. The molecule has 0 radical (unpaired) electrons. The van der Waals surface area contributed by atoms with Crippen LogP contribution in [-0.2, 0) is 11.3 Å². The van der Waals surface area contributed by atoms with Gasteiger partial charge in [0.15, 0.2) is 0 Å². The Kier molecular flexibility index (Phi) is 3.69. The first kappa shape index (κ1) is 12.7. The second-order valence-electron chi connectivity index (χ2n) is 4.91. The molecule has 5 nitrogen and oxygen atoms in total. The van der Waals surface area contributed by atoms with E-state index >= 15 is 0 Å². The standard InChI is InChI=1S/C13H18N2O3/c1-9-4-2-5-10(9)14-12(16)8-15-7-3-6-11(15)13(17)18/h3,6-7,9-10H,2,4-5,8H2,1H3,(H,14,16)(H,17,18). The van der Waals surface area contributed by atoms with Crippen LogP contribution in [0.25, 0.3) is 0 Å². The van der Waals surface area contributed by atoms with Crippen molar-refractivity contribution in [2.75, 3.05) is 0 Å². The van der Waals surface area contributed by atoms with Crippen molar-refractivity contribution >= 4 is 11.9 Å². The Balaban J connectivity index is 1.94. The molecule has 0 bridgehead atoms. The number of carboxylic acids is 1. The summed E-state index contributed by atoms with van der Waals surface area (Å²) in [5.41, 5.74) is 0.143. The van der Waals surface area contributed by atoms with E-state index in [9.17, 15) is 9.59 Å². The van der Waals surface area contributed by atoms with Gasteiger partial charge in [0.25, 0.3) is 0 Å². The van der Waals surface area contributed by atoms with Gasteiger partial charge in [-0.25, -0.2) is 4.79 Å². The molecule has 18 heavy (non-hydrogen) atoms. The van der Waals surface area contributed by atoms with E-state index in [4.69, 9.17) is 5.11 Å². The first-order valence-corrected chi connectivity index (χ1v) is 6.25. The summed E-state index contributed by atoms with van der Waals surface area (Å²) in [6.45, 7) is 2.20. The van der Waals surface area contributed by atoms with Crippen LogP contribution in [0.4, 0.5) is 0 Å². The molecule has 2 rings (SSSR count). The van der Waals surface area contributed by atoms with Gasteiger partial charge in [-0.05, 0) is 30.9 Å². The third-order valence-corrected chi connectivity index (χ3v) is 3.57. The molecule has 0 aromatic carbocycles. The molecule has 2 atom stereocenters. The summed E-state index contributed by atoms with van der Waals surface area (Å²) in [7, 11) is 0. The van der Waals surface area contributed by atoms with Gasteiger partial charge in [0.05, 0.1) is 0 Å². The van der Waals surface area contributed by atoms with E-state index in [1.165, 1.54) is 10.6 Å². The lowest BCUT2D eigenvalue weighted by Gasteiger charge is -2.17. The summed E-state index contributed by atoms with van der Waals surface area (Å²) in [4.78, 5) is 22.8.